The van der Waals surface area contributed by atoms with Crippen LogP contribution < -0.4 is 5.32 Å². The molecule has 0 unspecified atom stereocenters. The molecule has 1 aliphatic rings. The van der Waals surface area contributed by atoms with Crippen LogP contribution in [0.25, 0.3) is 0 Å². The summed E-state index contributed by atoms with van der Waals surface area (Å²) in [7, 11) is -3.66. The Balaban J connectivity index is 0. The summed E-state index contributed by atoms with van der Waals surface area (Å²) < 4.78 is 26.9. The summed E-state index contributed by atoms with van der Waals surface area (Å²) in [6.45, 7) is 8.73. The van der Waals surface area contributed by atoms with Gasteiger partial charge in [-0.2, -0.15) is 8.42 Å². The summed E-state index contributed by atoms with van der Waals surface area (Å²) in [5, 5.41) is 19.4. The highest BCUT2D eigenvalue weighted by Crippen LogP contribution is 1.88. The Morgan fingerprint density at radius 3 is 1.83 bits per heavy atom. The second-order valence-electron chi connectivity index (χ2n) is 3.50. The fourth-order valence-corrected chi connectivity index (χ4v) is 1.08. The molecule has 18 heavy (non-hydrogen) atoms. The summed E-state index contributed by atoms with van der Waals surface area (Å²) >= 11 is 0. The van der Waals surface area contributed by atoms with Crippen LogP contribution in [0, 0.1) is 0 Å². The van der Waals surface area contributed by atoms with Crippen molar-refractivity contribution in [1.29, 1.82) is 0 Å². The smallest absolute Gasteiger partial charge is 0.264 e. The molecule has 1 saturated heterocycles. The maximum atomic E-state index is 9.56. The van der Waals surface area contributed by atoms with Crippen molar-refractivity contribution in [2.45, 2.75) is 13.8 Å². The zero-order valence-corrected chi connectivity index (χ0v) is 12.0. The van der Waals surface area contributed by atoms with E-state index in [1.54, 1.807) is 6.92 Å². The van der Waals surface area contributed by atoms with Crippen molar-refractivity contribution in [3.8, 4) is 0 Å². The zero-order chi connectivity index (χ0) is 14.4. The predicted octanol–water partition coefficient (Wildman–Crippen LogP) is -1.22. The van der Waals surface area contributed by atoms with E-state index in [0.29, 0.717) is 6.61 Å². The molecule has 0 spiro atoms. The SMILES string of the molecule is CCO.CCS(=O)(=O)O.OCCN1CCNCC1. The maximum absolute atomic E-state index is 9.56. The number of rotatable bonds is 3. The van der Waals surface area contributed by atoms with Crippen LogP contribution in [0.4, 0.5) is 0 Å². The van der Waals surface area contributed by atoms with Gasteiger partial charge in [-0.05, 0) is 13.8 Å². The van der Waals surface area contributed by atoms with E-state index < -0.39 is 10.1 Å². The summed E-state index contributed by atoms with van der Waals surface area (Å²) in [6.07, 6.45) is 0. The number of β-amino-alcohol motifs (C(OH)–C–C–N with tert-alkyl or cyclic N) is 1. The molecule has 112 valence electrons. The van der Waals surface area contributed by atoms with E-state index in [1.807, 2.05) is 0 Å². The number of nitrogens with zero attached hydrogens (tertiary/aromatic N) is 1. The molecule has 0 bridgehead atoms. The average molecular weight is 286 g/mol. The third-order valence-electron chi connectivity index (χ3n) is 1.99. The lowest BCUT2D eigenvalue weighted by atomic mass is 10.4. The zero-order valence-electron chi connectivity index (χ0n) is 11.2. The van der Waals surface area contributed by atoms with E-state index in [0.717, 1.165) is 32.7 Å². The van der Waals surface area contributed by atoms with Gasteiger partial charge in [0.25, 0.3) is 10.1 Å². The van der Waals surface area contributed by atoms with Gasteiger partial charge in [0, 0.05) is 39.3 Å². The normalized spacial score (nSPS) is 16.1. The molecule has 0 aromatic heterocycles. The van der Waals surface area contributed by atoms with E-state index in [2.05, 4.69) is 10.2 Å². The number of hydrogen-bond donors (Lipinski definition) is 4. The molecule has 4 N–H and O–H groups in total. The summed E-state index contributed by atoms with van der Waals surface area (Å²) in [5.41, 5.74) is 0. The van der Waals surface area contributed by atoms with Crippen molar-refractivity contribution in [3.05, 3.63) is 0 Å². The van der Waals surface area contributed by atoms with Gasteiger partial charge in [0.05, 0.1) is 12.4 Å². The van der Waals surface area contributed by atoms with E-state index in [-0.39, 0.29) is 12.4 Å². The van der Waals surface area contributed by atoms with E-state index in [9.17, 15) is 8.42 Å². The van der Waals surface area contributed by atoms with Crippen LogP contribution in [0.1, 0.15) is 13.8 Å². The molecular formula is C10H26N2O5S. The lowest BCUT2D eigenvalue weighted by molar-refractivity contribution is 0.180. The molecule has 0 amide bonds. The molecule has 0 radical (unpaired) electrons. The Bertz CT molecular complexity index is 250. The number of nitrogens with one attached hydrogen (secondary N) is 1. The summed E-state index contributed by atoms with van der Waals surface area (Å²) in [4.78, 5) is 2.26. The molecule has 0 atom stereocenters. The predicted molar refractivity (Wildman–Crippen MR) is 71.2 cm³/mol. The first-order chi connectivity index (χ1) is 8.41. The van der Waals surface area contributed by atoms with Crippen LogP contribution in [-0.2, 0) is 10.1 Å². The first-order valence-corrected chi connectivity index (χ1v) is 7.62. The third kappa shape index (κ3) is 18.1. The average Bonchev–Trinajstić information content (AvgIpc) is 2.32. The highest BCUT2D eigenvalue weighted by Gasteiger charge is 2.06. The molecule has 1 fully saturated rings. The molecule has 1 aliphatic heterocycles. The van der Waals surface area contributed by atoms with Crippen LogP contribution in [0.2, 0.25) is 0 Å². The van der Waals surface area contributed by atoms with Gasteiger partial charge in [-0.3, -0.25) is 9.45 Å². The molecule has 0 saturated carbocycles. The van der Waals surface area contributed by atoms with Crippen molar-refractivity contribution in [3.63, 3.8) is 0 Å². The molecule has 0 aliphatic carbocycles. The topological polar surface area (TPSA) is 110 Å². The van der Waals surface area contributed by atoms with Crippen molar-refractivity contribution in [1.82, 2.24) is 10.2 Å². The largest absolute Gasteiger partial charge is 0.397 e. The van der Waals surface area contributed by atoms with Crippen molar-refractivity contribution >= 4 is 10.1 Å². The fourth-order valence-electron chi connectivity index (χ4n) is 1.08. The first-order valence-electron chi connectivity index (χ1n) is 6.01. The van der Waals surface area contributed by atoms with Gasteiger partial charge in [-0.25, -0.2) is 0 Å². The first kappa shape index (κ1) is 20.1. The van der Waals surface area contributed by atoms with Crippen LogP contribution in [0.5, 0.6) is 0 Å². The van der Waals surface area contributed by atoms with E-state index in [1.165, 1.54) is 6.92 Å². The number of hydrogen-bond acceptors (Lipinski definition) is 6. The molecule has 1 heterocycles. The lowest BCUT2D eigenvalue weighted by Crippen LogP contribution is -2.44. The van der Waals surface area contributed by atoms with Crippen molar-refractivity contribution in [2.75, 3.05) is 51.7 Å². The standard InChI is InChI=1S/C6H14N2O.C2H6O3S.C2H6O/c9-6-5-8-3-1-7-2-4-8;1-2-6(3,4)5;1-2-3/h7,9H,1-6H2;2H2,1H3,(H,3,4,5);3H,2H2,1H3. The molecule has 0 aromatic rings. The Hall–Kier alpha value is -0.250. The van der Waals surface area contributed by atoms with Gasteiger partial charge >= 0.3 is 0 Å². The van der Waals surface area contributed by atoms with Crippen LogP contribution in [0.3, 0.4) is 0 Å². The molecule has 8 heteroatoms. The highest BCUT2D eigenvalue weighted by atomic mass is 32.2. The van der Waals surface area contributed by atoms with E-state index in [4.69, 9.17) is 14.8 Å². The lowest BCUT2D eigenvalue weighted by Gasteiger charge is -2.25. The Morgan fingerprint density at radius 2 is 1.56 bits per heavy atom. The van der Waals surface area contributed by atoms with Crippen molar-refractivity contribution < 1.29 is 23.2 Å². The number of piperazine rings is 1. The minimum atomic E-state index is -3.66. The highest BCUT2D eigenvalue weighted by molar-refractivity contribution is 7.85. The fraction of sp³-hybridized carbons (Fsp3) is 1.00. The van der Waals surface area contributed by atoms with Gasteiger partial charge < -0.3 is 15.5 Å². The quantitative estimate of drug-likeness (QED) is 0.481. The second-order valence-corrected chi connectivity index (χ2v) is 5.24. The summed E-state index contributed by atoms with van der Waals surface area (Å²) in [5.74, 6) is -0.201. The van der Waals surface area contributed by atoms with Gasteiger partial charge in [0.1, 0.15) is 0 Å². The van der Waals surface area contributed by atoms with E-state index >= 15 is 0 Å². The van der Waals surface area contributed by atoms with Crippen LogP contribution in [0.15, 0.2) is 0 Å². The number of aliphatic hydroxyl groups excluding tert-OH is 2. The maximum Gasteiger partial charge on any atom is 0.264 e. The van der Waals surface area contributed by atoms with Gasteiger partial charge in [-0.1, -0.05) is 0 Å². The van der Waals surface area contributed by atoms with Gasteiger partial charge in [0.2, 0.25) is 0 Å². The third-order valence-corrected chi connectivity index (χ3v) is 2.72. The monoisotopic (exact) mass is 286 g/mol. The Kier molecular flexibility index (Phi) is 14.7. The second kappa shape index (κ2) is 13.2. The van der Waals surface area contributed by atoms with Gasteiger partial charge in [0.15, 0.2) is 0 Å². The molecular weight excluding hydrogens is 260 g/mol. The Morgan fingerprint density at radius 1 is 1.17 bits per heavy atom. The number of aliphatic hydroxyl groups is 2. The van der Waals surface area contributed by atoms with Crippen LogP contribution >= 0.6 is 0 Å². The minimum Gasteiger partial charge on any atom is -0.397 e. The Labute approximate surface area is 110 Å². The van der Waals surface area contributed by atoms with Gasteiger partial charge in [-0.15, -0.1) is 0 Å². The summed E-state index contributed by atoms with van der Waals surface area (Å²) in [6, 6.07) is 0. The minimum absolute atomic E-state index is 0.201. The van der Waals surface area contributed by atoms with Crippen molar-refractivity contribution in [2.24, 2.45) is 0 Å². The molecule has 1 rings (SSSR count). The molecule has 0 aromatic carbocycles. The van der Waals surface area contributed by atoms with Crippen LogP contribution in [-0.4, -0.2) is 79.8 Å². The molecule has 7 nitrogen and oxygen atoms in total.